The van der Waals surface area contributed by atoms with Crippen molar-refractivity contribution in [2.45, 2.75) is 45.1 Å². The molecule has 2 rings (SSSR count). The van der Waals surface area contributed by atoms with Gasteiger partial charge in [-0.25, -0.2) is 8.42 Å². The van der Waals surface area contributed by atoms with Gasteiger partial charge >= 0.3 is 0 Å². The van der Waals surface area contributed by atoms with Gasteiger partial charge in [-0.1, -0.05) is 19.1 Å². The second-order valence-electron chi connectivity index (χ2n) is 7.07. The van der Waals surface area contributed by atoms with E-state index >= 15 is 0 Å². The van der Waals surface area contributed by atoms with E-state index in [1.54, 1.807) is 19.2 Å². The molecule has 25 heavy (non-hydrogen) atoms. The maximum Gasteiger partial charge on any atom is 0.245 e. The molecule has 0 saturated carbocycles. The molecular weight excluding hydrogens is 338 g/mol. The molecule has 0 radical (unpaired) electrons. The minimum absolute atomic E-state index is 0.121. The number of sulfonamides is 1. The number of fused-ring (bicyclic) bond motifs is 1. The number of para-hydroxylation sites is 1. The number of rotatable bonds is 5. The van der Waals surface area contributed by atoms with Crippen molar-refractivity contribution in [3.63, 3.8) is 0 Å². The summed E-state index contributed by atoms with van der Waals surface area (Å²) >= 11 is 0. The summed E-state index contributed by atoms with van der Waals surface area (Å²) in [5.41, 5.74) is 0.959. The average Bonchev–Trinajstić information content (AvgIpc) is 2.49. The Labute approximate surface area is 149 Å². The van der Waals surface area contributed by atoms with Crippen molar-refractivity contribution >= 4 is 26.8 Å². The molecule has 0 aliphatic heterocycles. The van der Waals surface area contributed by atoms with Crippen molar-refractivity contribution in [3.8, 4) is 0 Å². The zero-order chi connectivity index (χ0) is 18.8. The Kier molecular flexibility index (Phi) is 5.49. The van der Waals surface area contributed by atoms with Crippen LogP contribution in [0, 0.1) is 6.92 Å². The van der Waals surface area contributed by atoms with Crippen molar-refractivity contribution in [2.75, 3.05) is 13.1 Å². The molecule has 0 unspecified atom stereocenters. The fourth-order valence-electron chi connectivity index (χ4n) is 2.57. The van der Waals surface area contributed by atoms with Crippen LogP contribution in [0.15, 0.2) is 35.4 Å². The molecular formula is C18H25N3O3S. The lowest BCUT2D eigenvalue weighted by molar-refractivity contribution is -0.122. The molecule has 0 spiro atoms. The summed E-state index contributed by atoms with van der Waals surface area (Å²) < 4.78 is 27.3. The van der Waals surface area contributed by atoms with Crippen molar-refractivity contribution in [3.05, 3.63) is 36.0 Å². The Hall–Kier alpha value is -1.99. The molecule has 0 fully saturated rings. The molecule has 6 nitrogen and oxygen atoms in total. The number of aromatic nitrogens is 1. The Bertz CT molecular complexity index is 886. The number of hydrogen-bond donors (Lipinski definition) is 1. The largest absolute Gasteiger partial charge is 0.350 e. The highest BCUT2D eigenvalue weighted by Crippen LogP contribution is 2.24. The molecule has 0 saturated heterocycles. The normalized spacial score (nSPS) is 12.6. The number of nitrogens with zero attached hydrogens (tertiary/aromatic N) is 2. The van der Waals surface area contributed by atoms with Crippen molar-refractivity contribution in [1.82, 2.24) is 14.6 Å². The first-order valence-corrected chi connectivity index (χ1v) is 9.65. The van der Waals surface area contributed by atoms with E-state index in [0.717, 1.165) is 10.9 Å². The lowest BCUT2D eigenvalue weighted by Gasteiger charge is -2.25. The maximum atomic E-state index is 13.1. The van der Waals surface area contributed by atoms with E-state index in [1.807, 2.05) is 39.8 Å². The first-order valence-electron chi connectivity index (χ1n) is 8.21. The van der Waals surface area contributed by atoms with Gasteiger partial charge in [0, 0.05) is 23.7 Å². The number of carbonyl (C=O) groups is 1. The SMILES string of the molecule is CCN(CC(=O)NC(C)(C)C)S(=O)(=O)c1cccc2cc(C)cnc12. The van der Waals surface area contributed by atoms with E-state index in [0.29, 0.717) is 5.52 Å². The Morgan fingerprint density at radius 1 is 1.28 bits per heavy atom. The highest BCUT2D eigenvalue weighted by molar-refractivity contribution is 7.89. The van der Waals surface area contributed by atoms with Crippen molar-refractivity contribution in [2.24, 2.45) is 0 Å². The smallest absolute Gasteiger partial charge is 0.245 e. The molecule has 0 atom stereocenters. The molecule has 1 heterocycles. The molecule has 0 aliphatic rings. The van der Waals surface area contributed by atoms with Gasteiger partial charge in [-0.2, -0.15) is 4.31 Å². The second-order valence-corrected chi connectivity index (χ2v) is 8.98. The van der Waals surface area contributed by atoms with Crippen LogP contribution in [0.1, 0.15) is 33.3 Å². The van der Waals surface area contributed by atoms with Gasteiger partial charge in [0.05, 0.1) is 12.1 Å². The van der Waals surface area contributed by atoms with Gasteiger partial charge in [0.15, 0.2) is 0 Å². The number of benzene rings is 1. The third kappa shape index (κ3) is 4.55. The van der Waals surface area contributed by atoms with Crippen LogP contribution >= 0.6 is 0 Å². The number of hydrogen-bond acceptors (Lipinski definition) is 4. The Morgan fingerprint density at radius 2 is 1.96 bits per heavy atom. The molecule has 1 aromatic carbocycles. The van der Waals surface area contributed by atoms with Crippen molar-refractivity contribution < 1.29 is 13.2 Å². The first-order chi connectivity index (χ1) is 11.5. The first kappa shape index (κ1) is 19.3. The number of nitrogens with one attached hydrogen (secondary N) is 1. The van der Waals surface area contributed by atoms with Gasteiger partial charge < -0.3 is 5.32 Å². The topological polar surface area (TPSA) is 79.4 Å². The van der Waals surface area contributed by atoms with Crippen molar-refractivity contribution in [1.29, 1.82) is 0 Å². The maximum absolute atomic E-state index is 13.1. The molecule has 2 aromatic rings. The zero-order valence-electron chi connectivity index (χ0n) is 15.3. The highest BCUT2D eigenvalue weighted by atomic mass is 32.2. The zero-order valence-corrected chi connectivity index (χ0v) is 16.1. The van der Waals surface area contributed by atoms with E-state index < -0.39 is 15.6 Å². The van der Waals surface area contributed by atoms with Crippen LogP contribution in [0.2, 0.25) is 0 Å². The van der Waals surface area contributed by atoms with Crippen LogP contribution in [0.25, 0.3) is 10.9 Å². The number of carbonyl (C=O) groups excluding carboxylic acids is 1. The van der Waals surface area contributed by atoms with Gasteiger partial charge in [0.25, 0.3) is 0 Å². The summed E-state index contributed by atoms with van der Waals surface area (Å²) in [4.78, 5) is 16.6. The number of amides is 1. The summed E-state index contributed by atoms with van der Waals surface area (Å²) in [7, 11) is -3.83. The Balaban J connectivity index is 2.41. The lowest BCUT2D eigenvalue weighted by atomic mass is 10.1. The van der Waals surface area contributed by atoms with Crippen LogP contribution in [0.5, 0.6) is 0 Å². The summed E-state index contributed by atoms with van der Waals surface area (Å²) in [5, 5.41) is 3.55. The van der Waals surface area contributed by atoms with Crippen LogP contribution in [-0.2, 0) is 14.8 Å². The number of likely N-dealkylation sites (N-methyl/N-ethyl adjacent to an activating group) is 1. The standard InChI is InChI=1S/C18H25N3O3S/c1-6-21(12-16(22)20-18(3,4)5)25(23,24)15-9-7-8-14-10-13(2)11-19-17(14)15/h7-11H,6,12H2,1-5H3,(H,20,22). The summed E-state index contributed by atoms with van der Waals surface area (Å²) in [6.45, 7) is 9.15. The third-order valence-corrected chi connectivity index (χ3v) is 5.57. The fraction of sp³-hybridized carbons (Fsp3) is 0.444. The van der Waals surface area contributed by atoms with Crippen LogP contribution < -0.4 is 5.32 Å². The van der Waals surface area contributed by atoms with Gasteiger partial charge in [-0.15, -0.1) is 0 Å². The van der Waals surface area contributed by atoms with E-state index in [-0.39, 0.29) is 23.9 Å². The molecule has 1 amide bonds. The lowest BCUT2D eigenvalue weighted by Crippen LogP contribution is -2.47. The van der Waals surface area contributed by atoms with E-state index in [9.17, 15) is 13.2 Å². The van der Waals surface area contributed by atoms with Gasteiger partial charge in [-0.3, -0.25) is 9.78 Å². The molecule has 136 valence electrons. The molecule has 1 N–H and O–H groups in total. The van der Waals surface area contributed by atoms with Gasteiger partial charge in [0.2, 0.25) is 15.9 Å². The molecule has 7 heteroatoms. The average molecular weight is 363 g/mol. The monoisotopic (exact) mass is 363 g/mol. The third-order valence-electron chi connectivity index (χ3n) is 3.62. The van der Waals surface area contributed by atoms with Gasteiger partial charge in [0.1, 0.15) is 4.90 Å². The van der Waals surface area contributed by atoms with E-state index in [2.05, 4.69) is 10.3 Å². The molecule has 0 bridgehead atoms. The number of pyridine rings is 1. The highest BCUT2D eigenvalue weighted by Gasteiger charge is 2.28. The van der Waals surface area contributed by atoms with E-state index in [4.69, 9.17) is 0 Å². The summed E-state index contributed by atoms with van der Waals surface area (Å²) in [6.07, 6.45) is 1.64. The molecule has 0 aliphatic carbocycles. The molecule has 1 aromatic heterocycles. The predicted octanol–water partition coefficient (Wildman–Crippen LogP) is 2.47. The van der Waals surface area contributed by atoms with Crippen LogP contribution in [0.3, 0.4) is 0 Å². The summed E-state index contributed by atoms with van der Waals surface area (Å²) in [6, 6.07) is 6.95. The van der Waals surface area contributed by atoms with E-state index in [1.165, 1.54) is 10.4 Å². The Morgan fingerprint density at radius 3 is 2.56 bits per heavy atom. The predicted molar refractivity (Wildman–Crippen MR) is 98.8 cm³/mol. The quantitative estimate of drug-likeness (QED) is 0.885. The summed E-state index contributed by atoms with van der Waals surface area (Å²) in [5.74, 6) is -0.332. The van der Waals surface area contributed by atoms with Crippen LogP contribution in [-0.4, -0.2) is 42.2 Å². The fourth-order valence-corrected chi connectivity index (χ4v) is 4.15. The second kappa shape index (κ2) is 7.09. The van der Waals surface area contributed by atoms with Gasteiger partial charge in [-0.05, 0) is 45.4 Å². The minimum Gasteiger partial charge on any atom is -0.350 e. The van der Waals surface area contributed by atoms with Crippen LogP contribution in [0.4, 0.5) is 0 Å². The minimum atomic E-state index is -3.83. The number of aryl methyl sites for hydroxylation is 1.